The molecule has 0 unspecified atom stereocenters. The molecule has 1 aliphatic rings. The smallest absolute Gasteiger partial charge is 0.224 e. The van der Waals surface area contributed by atoms with E-state index in [4.69, 9.17) is 11.6 Å². The van der Waals surface area contributed by atoms with Crippen LogP contribution in [0, 0.1) is 0 Å². The van der Waals surface area contributed by atoms with Gasteiger partial charge in [0.05, 0.1) is 0 Å². The Morgan fingerprint density at radius 3 is 2.80 bits per heavy atom. The van der Waals surface area contributed by atoms with Crippen molar-refractivity contribution in [3.05, 3.63) is 58.6 Å². The number of benzene rings is 1. The minimum absolute atomic E-state index is 0.178. The van der Waals surface area contributed by atoms with E-state index in [0.717, 1.165) is 47.9 Å². The van der Waals surface area contributed by atoms with Gasteiger partial charge in [-0.15, -0.1) is 0 Å². The number of nitrogens with one attached hydrogen (secondary N) is 1. The lowest BCUT2D eigenvalue weighted by Crippen LogP contribution is -2.33. The zero-order valence-corrected chi connectivity index (χ0v) is 15.2. The highest BCUT2D eigenvalue weighted by molar-refractivity contribution is 6.30. The number of nitrogens with zero attached hydrogens (tertiary/aromatic N) is 3. The normalized spacial score (nSPS) is 17.3. The van der Waals surface area contributed by atoms with Gasteiger partial charge in [0.25, 0.3) is 0 Å². The third-order valence-electron chi connectivity index (χ3n) is 4.44. The van der Waals surface area contributed by atoms with Gasteiger partial charge in [-0.1, -0.05) is 30.7 Å². The number of hydrogen-bond donors (Lipinski definition) is 1. The molecular weight excluding hydrogens is 336 g/mol. The SMILES string of the molecule is CCc1ncc(CN[C@H]2CC(=O)N(CCc3cccc(Cl)c3)C2)cn1. The second-order valence-electron chi connectivity index (χ2n) is 6.36. The molecule has 2 aromatic rings. The molecule has 132 valence electrons. The van der Waals surface area contributed by atoms with E-state index in [1.54, 1.807) is 0 Å². The lowest BCUT2D eigenvalue weighted by molar-refractivity contribution is -0.127. The van der Waals surface area contributed by atoms with Crippen LogP contribution in [0.15, 0.2) is 36.7 Å². The van der Waals surface area contributed by atoms with Gasteiger partial charge in [0.2, 0.25) is 5.91 Å². The van der Waals surface area contributed by atoms with Crippen LogP contribution in [0.2, 0.25) is 5.02 Å². The van der Waals surface area contributed by atoms with Crippen LogP contribution in [0.4, 0.5) is 0 Å². The number of likely N-dealkylation sites (tertiary alicyclic amines) is 1. The van der Waals surface area contributed by atoms with E-state index in [9.17, 15) is 4.79 Å². The molecule has 2 heterocycles. The van der Waals surface area contributed by atoms with Crippen molar-refractivity contribution in [3.63, 3.8) is 0 Å². The fraction of sp³-hybridized carbons (Fsp3) is 0.421. The second kappa shape index (κ2) is 8.41. The molecule has 5 nitrogen and oxygen atoms in total. The molecule has 1 N–H and O–H groups in total. The first-order valence-corrected chi connectivity index (χ1v) is 9.07. The summed E-state index contributed by atoms with van der Waals surface area (Å²) < 4.78 is 0. The minimum atomic E-state index is 0.178. The quantitative estimate of drug-likeness (QED) is 0.826. The first-order valence-electron chi connectivity index (χ1n) is 8.69. The van der Waals surface area contributed by atoms with Crippen LogP contribution in [0.3, 0.4) is 0 Å². The van der Waals surface area contributed by atoms with Gasteiger partial charge in [-0.3, -0.25) is 4.79 Å². The Kier molecular flexibility index (Phi) is 6.00. The van der Waals surface area contributed by atoms with E-state index in [1.165, 1.54) is 0 Å². The van der Waals surface area contributed by atoms with Gasteiger partial charge in [-0.25, -0.2) is 9.97 Å². The highest BCUT2D eigenvalue weighted by Crippen LogP contribution is 2.15. The zero-order chi connectivity index (χ0) is 17.6. The molecule has 0 radical (unpaired) electrons. The third-order valence-corrected chi connectivity index (χ3v) is 4.68. The van der Waals surface area contributed by atoms with Crippen molar-refractivity contribution in [1.82, 2.24) is 20.2 Å². The van der Waals surface area contributed by atoms with Gasteiger partial charge in [-0.05, 0) is 24.1 Å². The Morgan fingerprint density at radius 2 is 2.08 bits per heavy atom. The van der Waals surface area contributed by atoms with Crippen LogP contribution in [0.1, 0.15) is 30.3 Å². The summed E-state index contributed by atoms with van der Waals surface area (Å²) in [4.78, 5) is 22.7. The van der Waals surface area contributed by atoms with Crippen molar-refractivity contribution in [2.45, 2.75) is 38.8 Å². The molecule has 1 saturated heterocycles. The lowest BCUT2D eigenvalue weighted by Gasteiger charge is -2.17. The Hall–Kier alpha value is -1.98. The predicted molar refractivity (Wildman–Crippen MR) is 98.4 cm³/mol. The summed E-state index contributed by atoms with van der Waals surface area (Å²) in [6.07, 6.45) is 5.92. The number of halogens is 1. The molecular formula is C19H23ClN4O. The van der Waals surface area contributed by atoms with Crippen molar-refractivity contribution >= 4 is 17.5 Å². The fourth-order valence-electron chi connectivity index (χ4n) is 3.00. The molecule has 1 aromatic carbocycles. The summed E-state index contributed by atoms with van der Waals surface area (Å²) in [5.74, 6) is 1.06. The molecule has 0 aliphatic carbocycles. The van der Waals surface area contributed by atoms with Crippen molar-refractivity contribution in [2.24, 2.45) is 0 Å². The largest absolute Gasteiger partial charge is 0.341 e. The van der Waals surface area contributed by atoms with E-state index in [0.29, 0.717) is 13.0 Å². The maximum absolute atomic E-state index is 12.2. The minimum Gasteiger partial charge on any atom is -0.341 e. The number of aryl methyl sites for hydroxylation is 1. The summed E-state index contributed by atoms with van der Waals surface area (Å²) in [6, 6.07) is 7.99. The maximum atomic E-state index is 12.2. The average molecular weight is 359 g/mol. The molecule has 6 heteroatoms. The number of rotatable bonds is 7. The highest BCUT2D eigenvalue weighted by atomic mass is 35.5. The van der Waals surface area contributed by atoms with E-state index in [-0.39, 0.29) is 11.9 Å². The number of carbonyl (C=O) groups is 1. The van der Waals surface area contributed by atoms with Gasteiger partial charge in [0, 0.05) is 61.5 Å². The number of hydrogen-bond acceptors (Lipinski definition) is 4. The Labute approximate surface area is 153 Å². The molecule has 3 rings (SSSR count). The van der Waals surface area contributed by atoms with Crippen LogP contribution >= 0.6 is 11.6 Å². The molecule has 1 aliphatic heterocycles. The molecule has 1 atom stereocenters. The van der Waals surface area contributed by atoms with Crippen LogP contribution in [-0.2, 0) is 24.2 Å². The van der Waals surface area contributed by atoms with Gasteiger partial charge in [-0.2, -0.15) is 0 Å². The summed E-state index contributed by atoms with van der Waals surface area (Å²) >= 11 is 6.01. The molecule has 0 spiro atoms. The van der Waals surface area contributed by atoms with E-state index in [2.05, 4.69) is 15.3 Å². The first-order chi connectivity index (χ1) is 12.1. The summed E-state index contributed by atoms with van der Waals surface area (Å²) in [5.41, 5.74) is 2.20. The summed E-state index contributed by atoms with van der Waals surface area (Å²) in [5, 5.41) is 4.18. The maximum Gasteiger partial charge on any atom is 0.224 e. The molecule has 25 heavy (non-hydrogen) atoms. The molecule has 1 aromatic heterocycles. The van der Waals surface area contributed by atoms with Crippen LogP contribution < -0.4 is 5.32 Å². The van der Waals surface area contributed by atoms with E-state index >= 15 is 0 Å². The summed E-state index contributed by atoms with van der Waals surface area (Å²) in [6.45, 7) is 4.19. The first kappa shape index (κ1) is 17.8. The van der Waals surface area contributed by atoms with Crippen molar-refractivity contribution in [2.75, 3.05) is 13.1 Å². The van der Waals surface area contributed by atoms with Crippen LogP contribution in [0.25, 0.3) is 0 Å². The van der Waals surface area contributed by atoms with Gasteiger partial charge in [0.1, 0.15) is 5.82 Å². The van der Waals surface area contributed by atoms with Crippen LogP contribution in [0.5, 0.6) is 0 Å². The van der Waals surface area contributed by atoms with E-state index < -0.39 is 0 Å². The number of carbonyl (C=O) groups excluding carboxylic acids is 1. The molecule has 1 fully saturated rings. The van der Waals surface area contributed by atoms with Crippen molar-refractivity contribution < 1.29 is 4.79 Å². The predicted octanol–water partition coefficient (Wildman–Crippen LogP) is 2.63. The molecule has 0 bridgehead atoms. The zero-order valence-electron chi connectivity index (χ0n) is 14.4. The third kappa shape index (κ3) is 5.00. The average Bonchev–Trinajstić information content (AvgIpc) is 2.98. The fourth-order valence-corrected chi connectivity index (χ4v) is 3.21. The number of amides is 1. The Balaban J connectivity index is 1.46. The van der Waals surface area contributed by atoms with Gasteiger partial charge < -0.3 is 10.2 Å². The van der Waals surface area contributed by atoms with Crippen molar-refractivity contribution in [3.8, 4) is 0 Å². The lowest BCUT2D eigenvalue weighted by atomic mass is 10.1. The monoisotopic (exact) mass is 358 g/mol. The Bertz CT molecular complexity index is 720. The standard InChI is InChI=1S/C19H23ClN4O/c1-2-18-22-11-15(12-23-18)10-21-17-9-19(25)24(13-17)7-6-14-4-3-5-16(20)8-14/h3-5,8,11-12,17,21H,2,6-7,9-10,13H2,1H3/t17-/m0/s1. The number of aromatic nitrogens is 2. The Morgan fingerprint density at radius 1 is 1.28 bits per heavy atom. The summed E-state index contributed by atoms with van der Waals surface area (Å²) in [7, 11) is 0. The van der Waals surface area contributed by atoms with Gasteiger partial charge in [0.15, 0.2) is 0 Å². The van der Waals surface area contributed by atoms with Crippen molar-refractivity contribution in [1.29, 1.82) is 0 Å². The van der Waals surface area contributed by atoms with Gasteiger partial charge >= 0.3 is 0 Å². The second-order valence-corrected chi connectivity index (χ2v) is 6.80. The molecule has 1 amide bonds. The van der Waals surface area contributed by atoms with Crippen LogP contribution in [-0.4, -0.2) is 39.9 Å². The van der Waals surface area contributed by atoms with E-state index in [1.807, 2.05) is 48.5 Å². The topological polar surface area (TPSA) is 58.1 Å². The molecule has 0 saturated carbocycles. The highest BCUT2D eigenvalue weighted by Gasteiger charge is 2.28.